The third-order valence-corrected chi connectivity index (χ3v) is 4.11. The van der Waals surface area contributed by atoms with Crippen molar-refractivity contribution in [1.29, 1.82) is 0 Å². The van der Waals surface area contributed by atoms with E-state index in [0.717, 1.165) is 37.7 Å². The third kappa shape index (κ3) is 6.81. The van der Waals surface area contributed by atoms with Gasteiger partial charge in [-0.3, -0.25) is 9.79 Å². The predicted molar refractivity (Wildman–Crippen MR) is 112 cm³/mol. The number of hydrogen-bond donors (Lipinski definition) is 2. The maximum absolute atomic E-state index is 11.9. The average molecular weight is 460 g/mol. The normalized spacial score (nSPS) is 16.9. The largest absolute Gasteiger partial charge is 0.381 e. The Morgan fingerprint density at radius 2 is 2.20 bits per heavy atom. The van der Waals surface area contributed by atoms with Crippen LogP contribution in [0.4, 0.5) is 0 Å². The maximum atomic E-state index is 11.9. The SMILES string of the molecule is CCNC(=O)c1cccc(CNC(=NC)N(C)CC2CCOC2)c1.I. The molecule has 1 saturated heterocycles. The zero-order chi connectivity index (χ0) is 17.4. The van der Waals surface area contributed by atoms with Crippen LogP contribution in [0.5, 0.6) is 0 Å². The van der Waals surface area contributed by atoms with Gasteiger partial charge in [-0.05, 0) is 31.0 Å². The molecule has 1 aromatic carbocycles. The highest BCUT2D eigenvalue weighted by atomic mass is 127. The van der Waals surface area contributed by atoms with E-state index in [1.54, 1.807) is 7.05 Å². The Morgan fingerprint density at radius 3 is 2.84 bits per heavy atom. The first-order chi connectivity index (χ1) is 11.6. The molecular weight excluding hydrogens is 431 g/mol. The molecule has 0 spiro atoms. The highest BCUT2D eigenvalue weighted by molar-refractivity contribution is 14.0. The zero-order valence-corrected chi connectivity index (χ0v) is 17.6. The van der Waals surface area contributed by atoms with Crippen LogP contribution in [0.1, 0.15) is 29.3 Å². The van der Waals surface area contributed by atoms with Crippen molar-refractivity contribution < 1.29 is 9.53 Å². The molecule has 1 fully saturated rings. The molecule has 0 bridgehead atoms. The Labute approximate surface area is 167 Å². The molecule has 140 valence electrons. The Hall–Kier alpha value is -1.35. The first kappa shape index (κ1) is 21.7. The van der Waals surface area contributed by atoms with E-state index in [9.17, 15) is 4.79 Å². The van der Waals surface area contributed by atoms with Gasteiger partial charge in [0.25, 0.3) is 5.91 Å². The van der Waals surface area contributed by atoms with Crippen molar-refractivity contribution in [3.05, 3.63) is 35.4 Å². The van der Waals surface area contributed by atoms with Gasteiger partial charge in [-0.15, -0.1) is 24.0 Å². The number of amides is 1. The van der Waals surface area contributed by atoms with Crippen LogP contribution in [0.25, 0.3) is 0 Å². The smallest absolute Gasteiger partial charge is 0.251 e. The number of hydrogen-bond acceptors (Lipinski definition) is 3. The van der Waals surface area contributed by atoms with Crippen molar-refractivity contribution >= 4 is 35.8 Å². The highest BCUT2D eigenvalue weighted by Gasteiger charge is 2.19. The summed E-state index contributed by atoms with van der Waals surface area (Å²) in [4.78, 5) is 18.4. The molecule has 2 N–H and O–H groups in total. The fourth-order valence-corrected chi connectivity index (χ4v) is 2.85. The standard InChI is InChI=1S/C18H28N4O2.HI/c1-4-20-17(23)16-7-5-6-14(10-16)11-21-18(19-2)22(3)12-15-8-9-24-13-15;/h5-7,10,15H,4,8-9,11-13H2,1-3H3,(H,19,21)(H,20,23);1H. The number of benzene rings is 1. The number of aliphatic imine (C=N–C) groups is 1. The van der Waals surface area contributed by atoms with Gasteiger partial charge in [-0.1, -0.05) is 12.1 Å². The van der Waals surface area contributed by atoms with Crippen LogP contribution in [0.15, 0.2) is 29.3 Å². The second-order valence-corrected chi connectivity index (χ2v) is 6.07. The summed E-state index contributed by atoms with van der Waals surface area (Å²) in [7, 11) is 3.83. The highest BCUT2D eigenvalue weighted by Crippen LogP contribution is 2.13. The van der Waals surface area contributed by atoms with Crippen LogP contribution in [0, 0.1) is 5.92 Å². The number of nitrogens with one attached hydrogen (secondary N) is 2. The predicted octanol–water partition coefficient (Wildman–Crippen LogP) is 2.10. The lowest BCUT2D eigenvalue weighted by molar-refractivity contribution is 0.0955. The summed E-state index contributed by atoms with van der Waals surface area (Å²) in [5.41, 5.74) is 1.74. The summed E-state index contributed by atoms with van der Waals surface area (Å²) in [6, 6.07) is 7.66. The Balaban J connectivity index is 0.00000312. The number of halogens is 1. The van der Waals surface area contributed by atoms with E-state index in [1.807, 2.05) is 38.2 Å². The molecule has 1 heterocycles. The lowest BCUT2D eigenvalue weighted by Crippen LogP contribution is -2.41. The van der Waals surface area contributed by atoms with E-state index in [4.69, 9.17) is 4.74 Å². The second-order valence-electron chi connectivity index (χ2n) is 6.07. The monoisotopic (exact) mass is 460 g/mol. The number of carbonyl (C=O) groups excluding carboxylic acids is 1. The van der Waals surface area contributed by atoms with Gasteiger partial charge in [0.2, 0.25) is 0 Å². The fraction of sp³-hybridized carbons (Fsp3) is 0.556. The van der Waals surface area contributed by atoms with Gasteiger partial charge in [0.1, 0.15) is 0 Å². The summed E-state index contributed by atoms with van der Waals surface area (Å²) >= 11 is 0. The van der Waals surface area contributed by atoms with Crippen molar-refractivity contribution in [3.8, 4) is 0 Å². The van der Waals surface area contributed by atoms with E-state index in [-0.39, 0.29) is 29.9 Å². The first-order valence-corrected chi connectivity index (χ1v) is 8.50. The third-order valence-electron chi connectivity index (χ3n) is 4.11. The molecule has 1 aliphatic heterocycles. The number of ether oxygens (including phenoxy) is 1. The lowest BCUT2D eigenvalue weighted by atomic mass is 10.1. The molecule has 1 aromatic rings. The topological polar surface area (TPSA) is 66.0 Å². The van der Waals surface area contributed by atoms with Crippen LogP contribution in [0.2, 0.25) is 0 Å². The van der Waals surface area contributed by atoms with Crippen LogP contribution in [0.3, 0.4) is 0 Å². The van der Waals surface area contributed by atoms with Crippen LogP contribution in [-0.2, 0) is 11.3 Å². The van der Waals surface area contributed by atoms with E-state index in [0.29, 0.717) is 24.6 Å². The molecule has 25 heavy (non-hydrogen) atoms. The van der Waals surface area contributed by atoms with Crippen molar-refractivity contribution in [2.24, 2.45) is 10.9 Å². The van der Waals surface area contributed by atoms with Crippen molar-refractivity contribution in [3.63, 3.8) is 0 Å². The summed E-state index contributed by atoms with van der Waals surface area (Å²) in [6.45, 7) is 5.79. The van der Waals surface area contributed by atoms with E-state index < -0.39 is 0 Å². The zero-order valence-electron chi connectivity index (χ0n) is 15.2. The van der Waals surface area contributed by atoms with Crippen LogP contribution >= 0.6 is 24.0 Å². The Kier molecular flexibility index (Phi) is 9.81. The van der Waals surface area contributed by atoms with E-state index >= 15 is 0 Å². The maximum Gasteiger partial charge on any atom is 0.251 e. The minimum Gasteiger partial charge on any atom is -0.381 e. The van der Waals surface area contributed by atoms with Crippen molar-refractivity contribution in [1.82, 2.24) is 15.5 Å². The van der Waals surface area contributed by atoms with Crippen LogP contribution < -0.4 is 10.6 Å². The number of rotatable bonds is 6. The molecule has 1 amide bonds. The summed E-state index contributed by atoms with van der Waals surface area (Å²) in [5.74, 6) is 1.38. The molecule has 7 heteroatoms. The second kappa shape index (κ2) is 11.3. The molecule has 0 aromatic heterocycles. The molecule has 0 saturated carbocycles. The molecular formula is C18H29IN4O2. The lowest BCUT2D eigenvalue weighted by Gasteiger charge is -2.24. The van der Waals surface area contributed by atoms with E-state index in [1.165, 1.54) is 0 Å². The minimum atomic E-state index is -0.0397. The van der Waals surface area contributed by atoms with Gasteiger partial charge in [-0.25, -0.2) is 0 Å². The molecule has 1 unspecified atom stereocenters. The van der Waals surface area contributed by atoms with Gasteiger partial charge in [0.05, 0.1) is 6.61 Å². The quantitative estimate of drug-likeness (QED) is 0.388. The average Bonchev–Trinajstić information content (AvgIpc) is 3.09. The van der Waals surface area contributed by atoms with Gasteiger partial charge in [0, 0.05) is 51.8 Å². The molecule has 1 atom stereocenters. The van der Waals surface area contributed by atoms with E-state index in [2.05, 4.69) is 20.5 Å². The molecule has 6 nitrogen and oxygen atoms in total. The Morgan fingerprint density at radius 1 is 1.40 bits per heavy atom. The number of nitrogens with zero attached hydrogens (tertiary/aromatic N) is 2. The number of carbonyl (C=O) groups is 1. The molecule has 2 rings (SSSR count). The fourth-order valence-electron chi connectivity index (χ4n) is 2.85. The van der Waals surface area contributed by atoms with Gasteiger partial charge < -0.3 is 20.3 Å². The summed E-state index contributed by atoms with van der Waals surface area (Å²) in [5, 5.41) is 6.18. The summed E-state index contributed by atoms with van der Waals surface area (Å²) in [6.07, 6.45) is 1.11. The molecule has 1 aliphatic rings. The molecule has 0 radical (unpaired) electrons. The van der Waals surface area contributed by atoms with Crippen molar-refractivity contribution in [2.75, 3.05) is 40.4 Å². The minimum absolute atomic E-state index is 0. The molecule has 0 aliphatic carbocycles. The van der Waals surface area contributed by atoms with Crippen LogP contribution in [-0.4, -0.2) is 57.2 Å². The first-order valence-electron chi connectivity index (χ1n) is 8.50. The van der Waals surface area contributed by atoms with Crippen molar-refractivity contribution in [2.45, 2.75) is 19.9 Å². The number of guanidine groups is 1. The van der Waals surface area contributed by atoms with Gasteiger partial charge in [-0.2, -0.15) is 0 Å². The summed E-state index contributed by atoms with van der Waals surface area (Å²) < 4.78 is 5.43. The van der Waals surface area contributed by atoms with Gasteiger partial charge in [0.15, 0.2) is 5.96 Å². The Bertz CT molecular complexity index is 574. The van der Waals surface area contributed by atoms with Gasteiger partial charge >= 0.3 is 0 Å².